The monoisotopic (exact) mass is 493 g/mol. The molecule has 2 amide bonds. The van der Waals surface area contributed by atoms with Crippen LogP contribution in [0.2, 0.25) is 0 Å². The van der Waals surface area contributed by atoms with Gasteiger partial charge in [0.25, 0.3) is 0 Å². The van der Waals surface area contributed by atoms with Crippen molar-refractivity contribution in [3.8, 4) is 5.75 Å². The molecule has 0 radical (unpaired) electrons. The van der Waals surface area contributed by atoms with E-state index in [-0.39, 0.29) is 23.8 Å². The molecule has 186 valence electrons. The number of anilines is 1. The van der Waals surface area contributed by atoms with Crippen LogP contribution in [0.5, 0.6) is 5.75 Å². The predicted octanol–water partition coefficient (Wildman–Crippen LogP) is 2.93. The minimum Gasteiger partial charge on any atom is -0.497 e. The maximum absolute atomic E-state index is 14.4. The molecule has 0 aromatic heterocycles. The van der Waals surface area contributed by atoms with Crippen molar-refractivity contribution in [1.82, 2.24) is 10.2 Å². The van der Waals surface area contributed by atoms with Crippen molar-refractivity contribution in [3.63, 3.8) is 0 Å². The van der Waals surface area contributed by atoms with Gasteiger partial charge in [0.15, 0.2) is 0 Å². The molecule has 1 N–H and O–H groups in total. The lowest BCUT2D eigenvalue weighted by atomic mass is 10.1. The van der Waals surface area contributed by atoms with Gasteiger partial charge in [0.2, 0.25) is 21.8 Å². The molecule has 0 bridgehead atoms. The fourth-order valence-corrected chi connectivity index (χ4v) is 4.07. The molecular formula is C24H32FN3O5S. The van der Waals surface area contributed by atoms with Gasteiger partial charge in [0.1, 0.15) is 24.2 Å². The third-order valence-corrected chi connectivity index (χ3v) is 6.65. The predicted molar refractivity (Wildman–Crippen MR) is 129 cm³/mol. The molecule has 2 aromatic carbocycles. The van der Waals surface area contributed by atoms with Gasteiger partial charge in [-0.15, -0.1) is 0 Å². The summed E-state index contributed by atoms with van der Waals surface area (Å²) in [4.78, 5) is 27.4. The first-order chi connectivity index (χ1) is 16.0. The summed E-state index contributed by atoms with van der Waals surface area (Å²) in [6, 6.07) is 11.1. The number of sulfonamides is 1. The number of carbonyl (C=O) groups is 2. The van der Waals surface area contributed by atoms with Gasteiger partial charge in [-0.25, -0.2) is 12.8 Å². The Bertz CT molecular complexity index is 1090. The quantitative estimate of drug-likeness (QED) is 0.519. The molecular weight excluding hydrogens is 461 g/mol. The lowest BCUT2D eigenvalue weighted by Gasteiger charge is -2.32. The van der Waals surface area contributed by atoms with Gasteiger partial charge < -0.3 is 15.0 Å². The summed E-state index contributed by atoms with van der Waals surface area (Å²) in [6.45, 7) is 4.54. The van der Waals surface area contributed by atoms with Crippen LogP contribution in [0.25, 0.3) is 0 Å². The molecule has 0 fully saturated rings. The first-order valence-corrected chi connectivity index (χ1v) is 12.8. The Kier molecular flexibility index (Phi) is 9.43. The fraction of sp³-hybridized carbons (Fsp3) is 0.417. The van der Waals surface area contributed by atoms with E-state index < -0.39 is 40.2 Å². The largest absolute Gasteiger partial charge is 0.497 e. The number of hydrogen-bond acceptors (Lipinski definition) is 5. The Hall–Kier alpha value is -3.14. The number of hydrogen-bond donors (Lipinski definition) is 1. The van der Waals surface area contributed by atoms with Gasteiger partial charge in [-0.3, -0.25) is 13.9 Å². The molecule has 8 nitrogen and oxygen atoms in total. The summed E-state index contributed by atoms with van der Waals surface area (Å²) in [6.07, 6.45) is 1.68. The molecule has 0 aliphatic carbocycles. The number of ether oxygens (including phenoxy) is 1. The Balaban J connectivity index is 2.39. The Morgan fingerprint density at radius 1 is 1.09 bits per heavy atom. The van der Waals surface area contributed by atoms with Crippen LogP contribution in [0.3, 0.4) is 0 Å². The molecule has 0 heterocycles. The normalized spacial score (nSPS) is 13.0. The van der Waals surface area contributed by atoms with Crippen molar-refractivity contribution < 1.29 is 27.1 Å². The van der Waals surface area contributed by atoms with Gasteiger partial charge in [-0.2, -0.15) is 0 Å². The second kappa shape index (κ2) is 11.8. The molecule has 0 aliphatic rings. The lowest BCUT2D eigenvalue weighted by molar-refractivity contribution is -0.139. The van der Waals surface area contributed by atoms with Crippen LogP contribution < -0.4 is 14.4 Å². The Morgan fingerprint density at radius 3 is 2.24 bits per heavy atom. The van der Waals surface area contributed by atoms with Crippen molar-refractivity contribution in [2.24, 2.45) is 0 Å². The van der Waals surface area contributed by atoms with Gasteiger partial charge in [-0.05, 0) is 50.6 Å². The van der Waals surface area contributed by atoms with Gasteiger partial charge >= 0.3 is 0 Å². The highest BCUT2D eigenvalue weighted by atomic mass is 32.2. The second-order valence-electron chi connectivity index (χ2n) is 8.07. The zero-order valence-electron chi connectivity index (χ0n) is 20.1. The summed E-state index contributed by atoms with van der Waals surface area (Å²) >= 11 is 0. The van der Waals surface area contributed by atoms with Crippen molar-refractivity contribution in [2.45, 2.75) is 45.8 Å². The van der Waals surface area contributed by atoms with Crippen LogP contribution in [0.1, 0.15) is 32.8 Å². The van der Waals surface area contributed by atoms with Crippen LogP contribution >= 0.6 is 0 Å². The smallest absolute Gasteiger partial charge is 0.244 e. The lowest BCUT2D eigenvalue weighted by Crippen LogP contribution is -2.52. The molecule has 34 heavy (non-hydrogen) atoms. The first-order valence-electron chi connectivity index (χ1n) is 10.9. The van der Waals surface area contributed by atoms with E-state index >= 15 is 0 Å². The topological polar surface area (TPSA) is 96.0 Å². The van der Waals surface area contributed by atoms with E-state index in [1.807, 2.05) is 13.8 Å². The third kappa shape index (κ3) is 7.18. The molecule has 0 unspecified atom stereocenters. The van der Waals surface area contributed by atoms with E-state index in [9.17, 15) is 22.4 Å². The standard InChI is InChI=1S/C24H32FN3O5S/c1-6-17(2)26-24(30)18(3)27(15-19-9-7-8-10-22(19)25)23(29)16-28(34(5,31)32)20-11-13-21(33-4)14-12-20/h7-14,17-18H,6,15-16H2,1-5H3,(H,26,30)/t17-,18-/m1/s1. The minimum absolute atomic E-state index is 0.118. The van der Waals surface area contributed by atoms with Gasteiger partial charge in [-0.1, -0.05) is 25.1 Å². The summed E-state index contributed by atoms with van der Waals surface area (Å²) in [5, 5.41) is 2.82. The molecule has 10 heteroatoms. The number of halogens is 1. The SMILES string of the molecule is CC[C@@H](C)NC(=O)[C@@H](C)N(Cc1ccccc1F)C(=O)CN(c1ccc(OC)cc1)S(C)(=O)=O. The molecule has 2 aromatic rings. The number of nitrogens with one attached hydrogen (secondary N) is 1. The first kappa shape index (κ1) is 27.1. The van der Waals surface area contributed by atoms with E-state index in [2.05, 4.69) is 5.32 Å². The number of benzene rings is 2. The average molecular weight is 494 g/mol. The highest BCUT2D eigenvalue weighted by Crippen LogP contribution is 2.22. The molecule has 0 saturated heterocycles. The van der Waals surface area contributed by atoms with Crippen molar-refractivity contribution in [3.05, 3.63) is 59.9 Å². The number of nitrogens with zero attached hydrogens (tertiary/aromatic N) is 2. The number of rotatable bonds is 11. The highest BCUT2D eigenvalue weighted by Gasteiger charge is 2.31. The maximum atomic E-state index is 14.4. The molecule has 2 rings (SSSR count). The van der Waals surface area contributed by atoms with Crippen molar-refractivity contribution in [2.75, 3.05) is 24.2 Å². The molecule has 0 spiro atoms. The zero-order chi connectivity index (χ0) is 25.5. The summed E-state index contributed by atoms with van der Waals surface area (Å²) in [5.74, 6) is -1.05. The summed E-state index contributed by atoms with van der Waals surface area (Å²) < 4.78 is 45.5. The van der Waals surface area contributed by atoms with E-state index in [4.69, 9.17) is 4.74 Å². The maximum Gasteiger partial charge on any atom is 0.244 e. The average Bonchev–Trinajstić information content (AvgIpc) is 2.80. The van der Waals surface area contributed by atoms with E-state index in [1.165, 1.54) is 49.3 Å². The number of amides is 2. The molecule has 0 saturated carbocycles. The van der Waals surface area contributed by atoms with Crippen LogP contribution in [0.4, 0.5) is 10.1 Å². The van der Waals surface area contributed by atoms with Gasteiger partial charge in [0.05, 0.1) is 19.1 Å². The Morgan fingerprint density at radius 2 is 1.71 bits per heavy atom. The zero-order valence-corrected chi connectivity index (χ0v) is 20.9. The molecule has 2 atom stereocenters. The van der Waals surface area contributed by atoms with E-state index in [0.29, 0.717) is 12.2 Å². The van der Waals surface area contributed by atoms with E-state index in [1.54, 1.807) is 18.2 Å². The van der Waals surface area contributed by atoms with Crippen LogP contribution in [0, 0.1) is 5.82 Å². The van der Waals surface area contributed by atoms with Crippen molar-refractivity contribution in [1.29, 1.82) is 0 Å². The number of methoxy groups -OCH3 is 1. The van der Waals surface area contributed by atoms with E-state index in [0.717, 1.165) is 10.6 Å². The van der Waals surface area contributed by atoms with Crippen LogP contribution in [-0.2, 0) is 26.2 Å². The highest BCUT2D eigenvalue weighted by molar-refractivity contribution is 7.92. The van der Waals surface area contributed by atoms with Crippen LogP contribution in [0.15, 0.2) is 48.5 Å². The third-order valence-electron chi connectivity index (χ3n) is 5.51. The summed E-state index contributed by atoms with van der Waals surface area (Å²) in [7, 11) is -2.36. The fourth-order valence-electron chi connectivity index (χ4n) is 3.22. The second-order valence-corrected chi connectivity index (χ2v) is 9.98. The van der Waals surface area contributed by atoms with Crippen molar-refractivity contribution >= 4 is 27.5 Å². The minimum atomic E-state index is -3.85. The summed E-state index contributed by atoms with van der Waals surface area (Å²) in [5.41, 5.74) is 0.480. The number of carbonyl (C=O) groups excluding carboxylic acids is 2. The Labute approximate surface area is 200 Å². The molecule has 0 aliphatic heterocycles. The van der Waals surface area contributed by atoms with Gasteiger partial charge in [0, 0.05) is 18.2 Å². The van der Waals surface area contributed by atoms with Crippen LogP contribution in [-0.4, -0.2) is 57.1 Å².